The van der Waals surface area contributed by atoms with Gasteiger partial charge in [0.05, 0.1) is 0 Å². The minimum absolute atomic E-state index is 0.332. The lowest BCUT2D eigenvalue weighted by atomic mass is 10.1. The van der Waals surface area contributed by atoms with E-state index in [1.165, 1.54) is 0 Å². The Morgan fingerprint density at radius 3 is 2.78 bits per heavy atom. The van der Waals surface area contributed by atoms with Crippen LogP contribution in [0.5, 0.6) is 5.75 Å². The fourth-order valence-corrected chi connectivity index (χ4v) is 1.80. The molecule has 0 atom stereocenters. The van der Waals surface area contributed by atoms with Crippen molar-refractivity contribution in [2.75, 3.05) is 6.54 Å². The number of hydrogen-bond acceptors (Lipinski definition) is 4. The molecule has 2 rings (SSSR count). The number of aryl methyl sites for hydroxylation is 1. The number of esters is 1. The van der Waals surface area contributed by atoms with E-state index in [4.69, 9.17) is 4.74 Å². The van der Waals surface area contributed by atoms with Crippen LogP contribution in [-0.4, -0.2) is 17.4 Å². The van der Waals surface area contributed by atoms with Gasteiger partial charge in [-0.1, -0.05) is 24.3 Å². The third-order valence-electron chi connectivity index (χ3n) is 2.53. The molecule has 0 unspecified atom stereocenters. The van der Waals surface area contributed by atoms with Crippen molar-refractivity contribution in [2.45, 2.75) is 6.92 Å². The highest BCUT2D eigenvalue weighted by Crippen LogP contribution is 2.24. The van der Waals surface area contributed by atoms with Gasteiger partial charge < -0.3 is 4.74 Å². The summed E-state index contributed by atoms with van der Waals surface area (Å²) in [5.74, 6) is -0.535. The van der Waals surface area contributed by atoms with E-state index in [0.717, 1.165) is 16.3 Å². The molecule has 0 aromatic heterocycles. The Morgan fingerprint density at radius 1 is 1.33 bits per heavy atom. The maximum Gasteiger partial charge on any atom is 0.383 e. The van der Waals surface area contributed by atoms with Gasteiger partial charge >= 0.3 is 5.97 Å². The van der Waals surface area contributed by atoms with E-state index in [9.17, 15) is 14.9 Å². The summed E-state index contributed by atoms with van der Waals surface area (Å²) in [7, 11) is 0. The number of carbonyl (C=O) groups is 1. The smallest absolute Gasteiger partial charge is 0.383 e. The van der Waals surface area contributed by atoms with Crippen LogP contribution in [0, 0.1) is 17.0 Å². The summed E-state index contributed by atoms with van der Waals surface area (Å²) in [6, 6.07) is 11.1. The molecule has 0 bridgehead atoms. The molecule has 92 valence electrons. The topological polar surface area (TPSA) is 69.4 Å². The lowest BCUT2D eigenvalue weighted by Gasteiger charge is -2.06. The van der Waals surface area contributed by atoms with Crippen LogP contribution in [0.25, 0.3) is 10.8 Å². The van der Waals surface area contributed by atoms with Crippen LogP contribution in [-0.2, 0) is 4.79 Å². The molecule has 0 aliphatic carbocycles. The van der Waals surface area contributed by atoms with Crippen molar-refractivity contribution < 1.29 is 14.5 Å². The molecule has 5 nitrogen and oxygen atoms in total. The Balaban J connectivity index is 2.29. The third kappa shape index (κ3) is 2.63. The van der Waals surface area contributed by atoms with Crippen molar-refractivity contribution in [2.24, 2.45) is 0 Å². The maximum atomic E-state index is 11.2. The molecule has 0 heterocycles. The summed E-state index contributed by atoms with van der Waals surface area (Å²) < 4.78 is 4.93. The van der Waals surface area contributed by atoms with Gasteiger partial charge in [0.25, 0.3) is 6.54 Å². The van der Waals surface area contributed by atoms with Crippen LogP contribution in [0.1, 0.15) is 5.56 Å². The molecule has 0 aliphatic heterocycles. The molecule has 0 amide bonds. The van der Waals surface area contributed by atoms with Crippen molar-refractivity contribution in [3.05, 3.63) is 52.1 Å². The van der Waals surface area contributed by atoms with E-state index in [1.54, 1.807) is 12.1 Å². The van der Waals surface area contributed by atoms with Crippen LogP contribution in [0.4, 0.5) is 0 Å². The Hall–Kier alpha value is -2.43. The number of nitrogens with zero attached hydrogens (tertiary/aromatic N) is 1. The molecule has 0 saturated carbocycles. The van der Waals surface area contributed by atoms with Gasteiger partial charge in [0.1, 0.15) is 5.75 Å². The second-order valence-electron chi connectivity index (χ2n) is 3.93. The van der Waals surface area contributed by atoms with E-state index >= 15 is 0 Å². The van der Waals surface area contributed by atoms with Crippen molar-refractivity contribution in [3.63, 3.8) is 0 Å². The van der Waals surface area contributed by atoms with E-state index < -0.39 is 17.4 Å². The number of benzene rings is 2. The fourth-order valence-electron chi connectivity index (χ4n) is 1.80. The summed E-state index contributed by atoms with van der Waals surface area (Å²) in [6.07, 6.45) is 0. The van der Waals surface area contributed by atoms with Gasteiger partial charge in [0.15, 0.2) is 0 Å². The van der Waals surface area contributed by atoms with E-state index in [2.05, 4.69) is 0 Å². The summed E-state index contributed by atoms with van der Waals surface area (Å²) in [5, 5.41) is 12.2. The summed E-state index contributed by atoms with van der Waals surface area (Å²) in [5.41, 5.74) is 0.956. The first kappa shape index (κ1) is 12.0. The first-order valence-corrected chi connectivity index (χ1v) is 5.38. The Bertz CT molecular complexity index is 621. The van der Waals surface area contributed by atoms with E-state index in [-0.39, 0.29) is 0 Å². The molecule has 18 heavy (non-hydrogen) atoms. The average Bonchev–Trinajstić information content (AvgIpc) is 2.27. The van der Waals surface area contributed by atoms with E-state index in [0.29, 0.717) is 5.75 Å². The number of ether oxygens (including phenoxy) is 1. The Morgan fingerprint density at radius 2 is 2.06 bits per heavy atom. The predicted molar refractivity (Wildman–Crippen MR) is 66.2 cm³/mol. The second kappa shape index (κ2) is 4.83. The van der Waals surface area contributed by atoms with Crippen molar-refractivity contribution in [3.8, 4) is 5.75 Å². The second-order valence-corrected chi connectivity index (χ2v) is 3.93. The van der Waals surface area contributed by atoms with Gasteiger partial charge in [-0.25, -0.2) is 4.79 Å². The monoisotopic (exact) mass is 245 g/mol. The molecule has 5 heteroatoms. The lowest BCUT2D eigenvalue weighted by Crippen LogP contribution is -2.19. The van der Waals surface area contributed by atoms with Crippen molar-refractivity contribution in [1.29, 1.82) is 0 Å². The van der Waals surface area contributed by atoms with Crippen LogP contribution >= 0.6 is 0 Å². The molecule has 0 aliphatic rings. The summed E-state index contributed by atoms with van der Waals surface area (Å²) in [4.78, 5) is 20.7. The molecular formula is C13H11NO4. The van der Waals surface area contributed by atoms with Gasteiger partial charge in [-0.05, 0) is 35.4 Å². The van der Waals surface area contributed by atoms with Crippen LogP contribution in [0.3, 0.4) is 0 Å². The number of fused-ring (bicyclic) bond motifs is 1. The van der Waals surface area contributed by atoms with Crippen LogP contribution in [0.2, 0.25) is 0 Å². The van der Waals surface area contributed by atoms with Gasteiger partial charge in [-0.2, -0.15) is 0 Å². The molecular weight excluding hydrogens is 234 g/mol. The van der Waals surface area contributed by atoms with Gasteiger partial charge in [-0.3, -0.25) is 10.1 Å². The Kier molecular flexibility index (Phi) is 3.23. The fraction of sp³-hybridized carbons (Fsp3) is 0.154. The van der Waals surface area contributed by atoms with Gasteiger partial charge in [0.2, 0.25) is 0 Å². The molecule has 0 saturated heterocycles. The minimum Gasteiger partial charge on any atom is -0.422 e. The highest BCUT2D eigenvalue weighted by atomic mass is 16.6. The third-order valence-corrected chi connectivity index (χ3v) is 2.53. The first-order valence-electron chi connectivity index (χ1n) is 5.38. The highest BCUT2D eigenvalue weighted by Gasteiger charge is 2.12. The zero-order valence-corrected chi connectivity index (χ0v) is 9.75. The number of hydrogen-bond donors (Lipinski definition) is 0. The maximum absolute atomic E-state index is 11.2. The highest BCUT2D eigenvalue weighted by molar-refractivity contribution is 5.87. The molecule has 0 spiro atoms. The number of rotatable bonds is 3. The van der Waals surface area contributed by atoms with Crippen molar-refractivity contribution >= 4 is 16.7 Å². The predicted octanol–water partition coefficient (Wildman–Crippen LogP) is 2.33. The molecule has 2 aromatic carbocycles. The molecule has 0 N–H and O–H groups in total. The molecule has 2 aromatic rings. The summed E-state index contributed by atoms with van der Waals surface area (Å²) in [6.45, 7) is 1.07. The zero-order valence-electron chi connectivity index (χ0n) is 9.75. The lowest BCUT2D eigenvalue weighted by molar-refractivity contribution is -0.469. The van der Waals surface area contributed by atoms with Gasteiger partial charge in [-0.15, -0.1) is 0 Å². The number of carbonyl (C=O) groups excluding carboxylic acids is 1. The molecule has 0 radical (unpaired) electrons. The summed E-state index contributed by atoms with van der Waals surface area (Å²) >= 11 is 0. The number of nitro groups is 1. The minimum atomic E-state index is -0.866. The average molecular weight is 245 g/mol. The standard InChI is InChI=1S/C13H11NO4/c1-9-6-11(18-13(15)8-14(16)17)7-10-4-2-3-5-12(9)10/h2-7H,8H2,1H3. The van der Waals surface area contributed by atoms with Crippen LogP contribution in [0.15, 0.2) is 36.4 Å². The normalized spacial score (nSPS) is 10.3. The van der Waals surface area contributed by atoms with Crippen molar-refractivity contribution in [1.82, 2.24) is 0 Å². The SMILES string of the molecule is Cc1cc(OC(=O)C[N+](=O)[O-])cc2ccccc12. The van der Waals surface area contributed by atoms with Gasteiger partial charge in [0, 0.05) is 4.92 Å². The largest absolute Gasteiger partial charge is 0.422 e. The zero-order chi connectivity index (χ0) is 13.1. The molecule has 0 fully saturated rings. The Labute approximate surface area is 103 Å². The van der Waals surface area contributed by atoms with Crippen LogP contribution < -0.4 is 4.74 Å². The quantitative estimate of drug-likeness (QED) is 0.360. The van der Waals surface area contributed by atoms with E-state index in [1.807, 2.05) is 31.2 Å². The first-order chi connectivity index (χ1) is 8.56.